The number of hydrogen-bond donors (Lipinski definition) is 0. The average Bonchev–Trinajstić information content (AvgIpc) is 3.33. The molecule has 0 radical (unpaired) electrons. The molecule has 1 fully saturated rings. The average molecular weight is 465 g/mol. The lowest BCUT2D eigenvalue weighted by atomic mass is 9.95. The van der Waals surface area contributed by atoms with E-state index in [4.69, 9.17) is 9.47 Å². The molecule has 0 amide bonds. The monoisotopic (exact) mass is 464 g/mol. The third-order valence-electron chi connectivity index (χ3n) is 5.46. The molecule has 0 spiro atoms. The summed E-state index contributed by atoms with van der Waals surface area (Å²) in [5.74, 6) is 1.24. The summed E-state index contributed by atoms with van der Waals surface area (Å²) in [6, 6.07) is 24.6. The van der Waals surface area contributed by atoms with Gasteiger partial charge in [0.2, 0.25) is 0 Å². The van der Waals surface area contributed by atoms with Crippen molar-refractivity contribution in [2.45, 2.75) is 25.9 Å². The maximum atomic E-state index is 12.4. The number of carbonyl (C=O) groups is 1. The molecule has 0 bridgehead atoms. The molecular formula is C26H25BrO3. The van der Waals surface area contributed by atoms with Crippen LogP contribution in [0.25, 0.3) is 11.1 Å². The number of ketones is 1. The first kappa shape index (κ1) is 20.8. The molecule has 154 valence electrons. The van der Waals surface area contributed by atoms with E-state index in [2.05, 4.69) is 58.4 Å². The Hall–Kier alpha value is -2.43. The van der Waals surface area contributed by atoms with Gasteiger partial charge in [0.15, 0.2) is 0 Å². The number of aryl methyl sites for hydroxylation is 1. The second kappa shape index (κ2) is 10.1. The van der Waals surface area contributed by atoms with Gasteiger partial charge in [0, 0.05) is 29.0 Å². The van der Waals surface area contributed by atoms with Gasteiger partial charge in [-0.25, -0.2) is 0 Å². The lowest BCUT2D eigenvalue weighted by Crippen LogP contribution is -2.14. The molecule has 30 heavy (non-hydrogen) atoms. The molecule has 3 aromatic carbocycles. The van der Waals surface area contributed by atoms with Crippen LogP contribution in [-0.2, 0) is 22.6 Å². The number of Topliss-reactive ketones (excluding diaryl/α,β-unsaturated/α-hetero) is 1. The van der Waals surface area contributed by atoms with Crippen molar-refractivity contribution in [3.63, 3.8) is 0 Å². The summed E-state index contributed by atoms with van der Waals surface area (Å²) in [4.78, 5) is 12.4. The molecule has 4 rings (SSSR count). The Labute approximate surface area is 186 Å². The van der Waals surface area contributed by atoms with Crippen LogP contribution >= 0.6 is 15.9 Å². The first-order chi connectivity index (χ1) is 14.7. The Balaban J connectivity index is 1.49. The fraction of sp³-hybridized carbons (Fsp3) is 0.269. The number of halogens is 1. The maximum absolute atomic E-state index is 12.4. The summed E-state index contributed by atoms with van der Waals surface area (Å²) in [5, 5.41) is 0. The summed E-state index contributed by atoms with van der Waals surface area (Å²) < 4.78 is 12.5. The van der Waals surface area contributed by atoms with Crippen LogP contribution in [0.4, 0.5) is 0 Å². The van der Waals surface area contributed by atoms with Gasteiger partial charge in [0.1, 0.15) is 18.1 Å². The second-order valence-electron chi connectivity index (χ2n) is 7.64. The molecule has 4 heteroatoms. The van der Waals surface area contributed by atoms with E-state index in [1.807, 2.05) is 30.3 Å². The van der Waals surface area contributed by atoms with E-state index in [9.17, 15) is 4.79 Å². The molecule has 1 aliphatic heterocycles. The van der Waals surface area contributed by atoms with E-state index in [1.165, 1.54) is 0 Å². The van der Waals surface area contributed by atoms with Crippen LogP contribution in [0.5, 0.6) is 5.75 Å². The molecular weight excluding hydrogens is 440 g/mol. The number of carbonyl (C=O) groups excluding carboxylic acids is 1. The summed E-state index contributed by atoms with van der Waals surface area (Å²) in [6.07, 6.45) is 2.17. The van der Waals surface area contributed by atoms with Crippen LogP contribution in [0, 0.1) is 5.92 Å². The van der Waals surface area contributed by atoms with Crippen molar-refractivity contribution in [2.75, 3.05) is 13.2 Å². The Morgan fingerprint density at radius 2 is 1.83 bits per heavy atom. The summed E-state index contributed by atoms with van der Waals surface area (Å²) >= 11 is 3.58. The van der Waals surface area contributed by atoms with Gasteiger partial charge in [-0.2, -0.15) is 0 Å². The van der Waals surface area contributed by atoms with Crippen molar-refractivity contribution in [3.8, 4) is 16.9 Å². The fourth-order valence-corrected chi connectivity index (χ4v) is 4.10. The molecule has 1 atom stereocenters. The smallest absolute Gasteiger partial charge is 0.138 e. The predicted molar refractivity (Wildman–Crippen MR) is 123 cm³/mol. The van der Waals surface area contributed by atoms with Crippen molar-refractivity contribution >= 4 is 21.7 Å². The Bertz CT molecular complexity index is 994. The third-order valence-corrected chi connectivity index (χ3v) is 5.96. The van der Waals surface area contributed by atoms with Crippen LogP contribution in [-0.4, -0.2) is 19.0 Å². The van der Waals surface area contributed by atoms with E-state index in [1.54, 1.807) is 0 Å². The van der Waals surface area contributed by atoms with Crippen LogP contribution in [0.2, 0.25) is 0 Å². The van der Waals surface area contributed by atoms with Gasteiger partial charge in [-0.05, 0) is 47.7 Å². The highest BCUT2D eigenvalue weighted by Gasteiger charge is 2.22. The van der Waals surface area contributed by atoms with Gasteiger partial charge in [0.25, 0.3) is 0 Å². The fourth-order valence-electron chi connectivity index (χ4n) is 3.74. The number of rotatable bonds is 8. The molecule has 1 saturated heterocycles. The zero-order valence-electron chi connectivity index (χ0n) is 16.9. The van der Waals surface area contributed by atoms with E-state index in [0.717, 1.165) is 45.3 Å². The van der Waals surface area contributed by atoms with Crippen molar-refractivity contribution in [2.24, 2.45) is 5.92 Å². The van der Waals surface area contributed by atoms with Crippen molar-refractivity contribution < 1.29 is 14.3 Å². The minimum Gasteiger partial charge on any atom is -0.488 e. The van der Waals surface area contributed by atoms with Gasteiger partial charge in [-0.15, -0.1) is 0 Å². The van der Waals surface area contributed by atoms with Crippen LogP contribution < -0.4 is 4.74 Å². The molecule has 0 aromatic heterocycles. The minimum absolute atomic E-state index is 0.0799. The summed E-state index contributed by atoms with van der Waals surface area (Å²) in [7, 11) is 0. The van der Waals surface area contributed by atoms with Gasteiger partial charge < -0.3 is 9.47 Å². The lowest BCUT2D eigenvalue weighted by Gasteiger charge is -2.14. The quantitative estimate of drug-likeness (QED) is 0.396. The first-order valence-corrected chi connectivity index (χ1v) is 11.1. The Morgan fingerprint density at radius 1 is 1.00 bits per heavy atom. The number of hydrogen-bond acceptors (Lipinski definition) is 3. The third kappa shape index (κ3) is 5.38. The SMILES string of the molecule is O=C(CCc1cccc(-c2cc(Br)ccc2OCc2ccccc2)c1)C1CCOC1. The summed E-state index contributed by atoms with van der Waals surface area (Å²) in [6.45, 7) is 1.81. The van der Waals surface area contributed by atoms with Gasteiger partial charge in [-0.1, -0.05) is 70.5 Å². The second-order valence-corrected chi connectivity index (χ2v) is 8.56. The zero-order valence-corrected chi connectivity index (χ0v) is 18.4. The Kier molecular flexibility index (Phi) is 6.98. The molecule has 0 aliphatic carbocycles. The standard InChI is InChI=1S/C26H25BrO3/c27-23-10-12-26(30-17-20-5-2-1-3-6-20)24(16-23)21-8-4-7-19(15-21)9-11-25(28)22-13-14-29-18-22/h1-8,10,12,15-16,22H,9,11,13-14,17-18H2. The normalized spacial score (nSPS) is 15.8. The van der Waals surface area contributed by atoms with Crippen LogP contribution in [0.3, 0.4) is 0 Å². The van der Waals surface area contributed by atoms with Crippen LogP contribution in [0.1, 0.15) is 24.0 Å². The van der Waals surface area contributed by atoms with Crippen molar-refractivity contribution in [1.29, 1.82) is 0 Å². The van der Waals surface area contributed by atoms with Crippen molar-refractivity contribution in [1.82, 2.24) is 0 Å². The number of benzene rings is 3. The lowest BCUT2D eigenvalue weighted by molar-refractivity contribution is -0.122. The molecule has 0 saturated carbocycles. The highest BCUT2D eigenvalue weighted by atomic mass is 79.9. The van der Waals surface area contributed by atoms with Gasteiger partial charge >= 0.3 is 0 Å². The first-order valence-electron chi connectivity index (χ1n) is 10.3. The molecule has 1 heterocycles. The molecule has 1 aliphatic rings. The highest BCUT2D eigenvalue weighted by Crippen LogP contribution is 2.34. The topological polar surface area (TPSA) is 35.5 Å². The minimum atomic E-state index is 0.0799. The molecule has 3 nitrogen and oxygen atoms in total. The number of ether oxygens (including phenoxy) is 2. The predicted octanol–water partition coefficient (Wildman–Crippen LogP) is 6.23. The van der Waals surface area contributed by atoms with Gasteiger partial charge in [-0.3, -0.25) is 4.79 Å². The summed E-state index contributed by atoms with van der Waals surface area (Å²) in [5.41, 5.74) is 4.43. The van der Waals surface area contributed by atoms with Crippen molar-refractivity contribution in [3.05, 3.63) is 88.4 Å². The highest BCUT2D eigenvalue weighted by molar-refractivity contribution is 9.10. The van der Waals surface area contributed by atoms with Crippen LogP contribution in [0.15, 0.2) is 77.3 Å². The Morgan fingerprint density at radius 3 is 2.63 bits per heavy atom. The van der Waals surface area contributed by atoms with E-state index in [0.29, 0.717) is 32.0 Å². The largest absolute Gasteiger partial charge is 0.488 e. The molecule has 0 N–H and O–H groups in total. The molecule has 3 aromatic rings. The van der Waals surface area contributed by atoms with E-state index >= 15 is 0 Å². The molecule has 1 unspecified atom stereocenters. The van der Waals surface area contributed by atoms with E-state index in [-0.39, 0.29) is 5.92 Å². The van der Waals surface area contributed by atoms with Gasteiger partial charge in [0.05, 0.1) is 6.61 Å². The van der Waals surface area contributed by atoms with E-state index < -0.39 is 0 Å². The zero-order chi connectivity index (χ0) is 20.8. The maximum Gasteiger partial charge on any atom is 0.138 e.